The van der Waals surface area contributed by atoms with Gasteiger partial charge in [0.2, 0.25) is 5.91 Å². The van der Waals surface area contributed by atoms with Gasteiger partial charge in [0.25, 0.3) is 0 Å². The largest absolute Gasteiger partial charge is 0.411 e. The van der Waals surface area contributed by atoms with Crippen LogP contribution in [0.2, 0.25) is 5.15 Å². The number of carbonyl (C=O) groups is 1. The minimum absolute atomic E-state index is 0.167. The number of alkyl halides is 3. The monoisotopic (exact) mass is 283 g/mol. The number of aromatic nitrogens is 2. The van der Waals surface area contributed by atoms with Gasteiger partial charge in [-0.1, -0.05) is 11.6 Å². The van der Waals surface area contributed by atoms with E-state index in [0.717, 1.165) is 0 Å². The Balaban J connectivity index is 2.24. The summed E-state index contributed by atoms with van der Waals surface area (Å²) in [6, 6.07) is 0. The van der Waals surface area contributed by atoms with Crippen LogP contribution in [0, 0.1) is 0 Å². The fourth-order valence-electron chi connectivity index (χ4n) is 0.935. The number of ether oxygens (including phenoxy) is 1. The summed E-state index contributed by atoms with van der Waals surface area (Å²) in [5.74, 6) is -0.353. The average molecular weight is 284 g/mol. The van der Waals surface area contributed by atoms with Gasteiger partial charge < -0.3 is 10.1 Å². The zero-order chi connectivity index (χ0) is 13.6. The fourth-order valence-corrected chi connectivity index (χ4v) is 1.03. The van der Waals surface area contributed by atoms with Crippen LogP contribution in [0.15, 0.2) is 12.4 Å². The van der Waals surface area contributed by atoms with Crippen molar-refractivity contribution in [3.8, 4) is 0 Å². The van der Waals surface area contributed by atoms with E-state index >= 15 is 0 Å². The first kappa shape index (κ1) is 14.7. The highest BCUT2D eigenvalue weighted by molar-refractivity contribution is 6.29. The summed E-state index contributed by atoms with van der Waals surface area (Å²) in [4.78, 5) is 18.7. The van der Waals surface area contributed by atoms with E-state index in [2.05, 4.69) is 20.0 Å². The van der Waals surface area contributed by atoms with Gasteiger partial charge in [0.05, 0.1) is 25.4 Å². The van der Waals surface area contributed by atoms with Gasteiger partial charge in [-0.05, 0) is 0 Å². The lowest BCUT2D eigenvalue weighted by Crippen LogP contribution is -2.20. The topological polar surface area (TPSA) is 64.1 Å². The molecule has 0 fully saturated rings. The van der Waals surface area contributed by atoms with Crippen LogP contribution >= 0.6 is 11.6 Å². The summed E-state index contributed by atoms with van der Waals surface area (Å²) in [6.07, 6.45) is -2.13. The smallest absolute Gasteiger partial charge is 0.372 e. The molecule has 1 amide bonds. The van der Waals surface area contributed by atoms with Gasteiger partial charge in [0.15, 0.2) is 5.82 Å². The summed E-state index contributed by atoms with van der Waals surface area (Å²) >= 11 is 5.48. The Hall–Kier alpha value is -1.41. The van der Waals surface area contributed by atoms with E-state index in [1.54, 1.807) is 0 Å². The molecule has 1 N–H and O–H groups in total. The van der Waals surface area contributed by atoms with Crippen LogP contribution in [0.3, 0.4) is 0 Å². The lowest BCUT2D eigenvalue weighted by atomic mass is 10.4. The molecule has 0 aliphatic heterocycles. The predicted octanol–water partition coefficient (Wildman–Crippen LogP) is 2.04. The molecular formula is C9H9ClF3N3O2. The third kappa shape index (κ3) is 6.36. The summed E-state index contributed by atoms with van der Waals surface area (Å²) in [6.45, 7) is -1.70. The normalized spacial score (nSPS) is 11.3. The van der Waals surface area contributed by atoms with E-state index in [1.165, 1.54) is 12.4 Å². The van der Waals surface area contributed by atoms with Gasteiger partial charge in [-0.25, -0.2) is 9.97 Å². The molecule has 0 spiro atoms. The summed E-state index contributed by atoms with van der Waals surface area (Å²) in [5.41, 5.74) is 0. The first-order valence-electron chi connectivity index (χ1n) is 4.79. The van der Waals surface area contributed by atoms with E-state index in [4.69, 9.17) is 11.6 Å². The molecule has 0 aliphatic carbocycles. The maximum absolute atomic E-state index is 11.7. The van der Waals surface area contributed by atoms with Crippen molar-refractivity contribution in [2.75, 3.05) is 18.5 Å². The van der Waals surface area contributed by atoms with Crippen LogP contribution < -0.4 is 5.32 Å². The third-order valence-electron chi connectivity index (χ3n) is 1.63. The molecule has 0 bridgehead atoms. The Bertz CT molecular complexity index is 397. The van der Waals surface area contributed by atoms with Crippen molar-refractivity contribution in [1.82, 2.24) is 9.97 Å². The number of anilines is 1. The van der Waals surface area contributed by atoms with E-state index in [1.807, 2.05) is 0 Å². The van der Waals surface area contributed by atoms with Crippen molar-refractivity contribution in [2.45, 2.75) is 12.6 Å². The van der Waals surface area contributed by atoms with Crippen molar-refractivity contribution in [3.63, 3.8) is 0 Å². The third-order valence-corrected chi connectivity index (χ3v) is 1.82. The number of amides is 1. The van der Waals surface area contributed by atoms with Crippen LogP contribution in [0.1, 0.15) is 6.42 Å². The quantitative estimate of drug-likeness (QED) is 0.840. The SMILES string of the molecule is O=C(CCOCC(F)(F)F)Nc1cnc(Cl)cn1. The summed E-state index contributed by atoms with van der Waals surface area (Å²) < 4.78 is 39.4. The van der Waals surface area contributed by atoms with Gasteiger partial charge in [0.1, 0.15) is 11.8 Å². The molecule has 18 heavy (non-hydrogen) atoms. The van der Waals surface area contributed by atoms with Crippen LogP contribution in [0.4, 0.5) is 19.0 Å². The molecule has 1 rings (SSSR count). The van der Waals surface area contributed by atoms with E-state index in [-0.39, 0.29) is 24.0 Å². The molecule has 0 saturated carbocycles. The van der Waals surface area contributed by atoms with Gasteiger partial charge in [-0.15, -0.1) is 0 Å². The Morgan fingerprint density at radius 1 is 1.39 bits per heavy atom. The van der Waals surface area contributed by atoms with Gasteiger partial charge in [0, 0.05) is 0 Å². The molecule has 0 unspecified atom stereocenters. The number of carbonyl (C=O) groups excluding carboxylic acids is 1. The Morgan fingerprint density at radius 3 is 2.67 bits per heavy atom. The predicted molar refractivity (Wildman–Crippen MR) is 57.2 cm³/mol. The van der Waals surface area contributed by atoms with E-state index in [0.29, 0.717) is 0 Å². The number of nitrogens with zero attached hydrogens (tertiary/aromatic N) is 2. The molecule has 0 saturated heterocycles. The lowest BCUT2D eigenvalue weighted by molar-refractivity contribution is -0.174. The van der Waals surface area contributed by atoms with Crippen molar-refractivity contribution in [2.24, 2.45) is 0 Å². The van der Waals surface area contributed by atoms with Gasteiger partial charge >= 0.3 is 6.18 Å². The molecule has 0 aliphatic rings. The molecule has 0 aromatic carbocycles. The zero-order valence-corrected chi connectivity index (χ0v) is 9.75. The molecule has 0 radical (unpaired) electrons. The highest BCUT2D eigenvalue weighted by Gasteiger charge is 2.27. The van der Waals surface area contributed by atoms with Crippen LogP contribution in [-0.4, -0.2) is 35.3 Å². The second kappa shape index (κ2) is 6.50. The Morgan fingerprint density at radius 2 is 2.11 bits per heavy atom. The number of hydrogen-bond acceptors (Lipinski definition) is 4. The lowest BCUT2D eigenvalue weighted by Gasteiger charge is -2.07. The maximum Gasteiger partial charge on any atom is 0.411 e. The Labute approximate surface area is 105 Å². The second-order valence-electron chi connectivity index (χ2n) is 3.19. The van der Waals surface area contributed by atoms with Crippen molar-refractivity contribution in [3.05, 3.63) is 17.5 Å². The van der Waals surface area contributed by atoms with Crippen LogP contribution in [0.25, 0.3) is 0 Å². The van der Waals surface area contributed by atoms with Crippen molar-refractivity contribution < 1.29 is 22.7 Å². The molecule has 1 heterocycles. The van der Waals surface area contributed by atoms with Gasteiger partial charge in [-0.2, -0.15) is 13.2 Å². The maximum atomic E-state index is 11.7. The standard InChI is InChI=1S/C9H9ClF3N3O2/c10-6-3-15-7(4-14-6)16-8(17)1-2-18-5-9(11,12)13/h3-4H,1-2,5H2,(H,15,16,17). The molecule has 1 aromatic rings. The molecular weight excluding hydrogens is 275 g/mol. The molecule has 9 heteroatoms. The summed E-state index contributed by atoms with van der Waals surface area (Å²) in [7, 11) is 0. The van der Waals surface area contributed by atoms with E-state index in [9.17, 15) is 18.0 Å². The number of rotatable bonds is 5. The highest BCUT2D eigenvalue weighted by Crippen LogP contribution is 2.14. The molecule has 5 nitrogen and oxygen atoms in total. The second-order valence-corrected chi connectivity index (χ2v) is 3.58. The number of hydrogen-bond donors (Lipinski definition) is 1. The molecule has 1 aromatic heterocycles. The first-order valence-corrected chi connectivity index (χ1v) is 5.16. The van der Waals surface area contributed by atoms with Crippen molar-refractivity contribution in [1.29, 1.82) is 0 Å². The summed E-state index contributed by atoms with van der Waals surface area (Å²) in [5, 5.41) is 2.50. The first-order chi connectivity index (χ1) is 8.37. The number of halogens is 4. The number of nitrogens with one attached hydrogen (secondary N) is 1. The fraction of sp³-hybridized carbons (Fsp3) is 0.444. The van der Waals surface area contributed by atoms with Crippen LogP contribution in [0.5, 0.6) is 0 Å². The Kier molecular flexibility index (Phi) is 5.29. The minimum atomic E-state index is -4.39. The molecule has 0 atom stereocenters. The van der Waals surface area contributed by atoms with Crippen molar-refractivity contribution >= 4 is 23.3 Å². The van der Waals surface area contributed by atoms with E-state index < -0.39 is 18.7 Å². The highest BCUT2D eigenvalue weighted by atomic mass is 35.5. The molecule has 100 valence electrons. The van der Waals surface area contributed by atoms with Gasteiger partial charge in [-0.3, -0.25) is 4.79 Å². The average Bonchev–Trinajstić information content (AvgIpc) is 2.26. The minimum Gasteiger partial charge on any atom is -0.372 e. The zero-order valence-electron chi connectivity index (χ0n) is 9.00. The van der Waals surface area contributed by atoms with Crippen LogP contribution in [-0.2, 0) is 9.53 Å².